The maximum Gasteiger partial charge on any atom is 0.328 e. The summed E-state index contributed by atoms with van der Waals surface area (Å²) < 4.78 is 13.8. The number of H-pyrrole nitrogens is 1. The van der Waals surface area contributed by atoms with Gasteiger partial charge in [0.15, 0.2) is 0 Å². The van der Waals surface area contributed by atoms with Crippen LogP contribution in [0.3, 0.4) is 0 Å². The summed E-state index contributed by atoms with van der Waals surface area (Å²) in [7, 11) is 0. The van der Waals surface area contributed by atoms with Crippen LogP contribution < -0.4 is 11.2 Å². The van der Waals surface area contributed by atoms with Gasteiger partial charge in [0.1, 0.15) is 5.82 Å². The SMILES string of the molecule is CC.CC.Cc1c[nH]c(=O)n(Cc2ccc(F)cc2)c1=O. The molecule has 1 aromatic heterocycles. The van der Waals surface area contributed by atoms with Crippen molar-refractivity contribution in [3.05, 3.63) is 68.2 Å². The number of hydrogen-bond acceptors (Lipinski definition) is 2. The molecule has 0 aliphatic rings. The van der Waals surface area contributed by atoms with Gasteiger partial charge in [-0.25, -0.2) is 9.18 Å². The minimum Gasteiger partial charge on any atom is -0.314 e. The number of nitrogens with one attached hydrogen (secondary N) is 1. The number of nitrogens with zero attached hydrogens (tertiary/aromatic N) is 1. The zero-order valence-electron chi connectivity index (χ0n) is 13.2. The maximum atomic E-state index is 12.7. The largest absolute Gasteiger partial charge is 0.328 e. The Hall–Kier alpha value is -2.17. The van der Waals surface area contributed by atoms with Crippen molar-refractivity contribution in [2.45, 2.75) is 41.2 Å². The summed E-state index contributed by atoms with van der Waals surface area (Å²) in [6, 6.07) is 5.68. The van der Waals surface area contributed by atoms with E-state index in [9.17, 15) is 14.0 Å². The van der Waals surface area contributed by atoms with Crippen molar-refractivity contribution in [1.29, 1.82) is 0 Å². The number of rotatable bonds is 2. The van der Waals surface area contributed by atoms with Crippen LogP contribution >= 0.6 is 0 Å². The van der Waals surface area contributed by atoms with Crippen LogP contribution in [0, 0.1) is 12.7 Å². The van der Waals surface area contributed by atoms with Crippen LogP contribution in [0.5, 0.6) is 0 Å². The molecule has 0 spiro atoms. The molecular weight excluding hydrogens is 271 g/mol. The molecule has 21 heavy (non-hydrogen) atoms. The number of aromatic nitrogens is 2. The van der Waals surface area contributed by atoms with Crippen LogP contribution in [0.15, 0.2) is 40.1 Å². The molecule has 0 fully saturated rings. The third-order valence-electron chi connectivity index (χ3n) is 2.49. The van der Waals surface area contributed by atoms with Crippen LogP contribution in [0.4, 0.5) is 4.39 Å². The second-order valence-electron chi connectivity index (χ2n) is 3.79. The average molecular weight is 294 g/mol. The zero-order chi connectivity index (χ0) is 16.4. The Morgan fingerprint density at radius 3 is 2.10 bits per heavy atom. The van der Waals surface area contributed by atoms with Crippen LogP contribution in [0.2, 0.25) is 0 Å². The van der Waals surface area contributed by atoms with E-state index in [-0.39, 0.29) is 17.9 Å². The zero-order valence-corrected chi connectivity index (χ0v) is 13.2. The second kappa shape index (κ2) is 9.69. The molecule has 4 nitrogen and oxygen atoms in total. The molecule has 0 aliphatic heterocycles. The number of halogens is 1. The van der Waals surface area contributed by atoms with E-state index in [1.807, 2.05) is 27.7 Å². The van der Waals surface area contributed by atoms with Crippen LogP contribution in [0.1, 0.15) is 38.8 Å². The van der Waals surface area contributed by atoms with Crippen molar-refractivity contribution in [1.82, 2.24) is 9.55 Å². The van der Waals surface area contributed by atoms with E-state index in [0.29, 0.717) is 11.1 Å². The van der Waals surface area contributed by atoms with E-state index in [0.717, 1.165) is 4.57 Å². The fourth-order valence-corrected chi connectivity index (χ4v) is 1.53. The Bertz CT molecular complexity index is 643. The van der Waals surface area contributed by atoms with E-state index >= 15 is 0 Å². The van der Waals surface area contributed by atoms with Crippen molar-refractivity contribution >= 4 is 0 Å². The van der Waals surface area contributed by atoms with E-state index < -0.39 is 5.69 Å². The van der Waals surface area contributed by atoms with Crippen LogP contribution in [0.25, 0.3) is 0 Å². The Morgan fingerprint density at radius 2 is 1.57 bits per heavy atom. The van der Waals surface area contributed by atoms with E-state index in [1.54, 1.807) is 19.1 Å². The smallest absolute Gasteiger partial charge is 0.314 e. The molecule has 0 saturated carbocycles. The van der Waals surface area contributed by atoms with Gasteiger partial charge in [-0.3, -0.25) is 9.36 Å². The molecule has 1 aromatic carbocycles. The molecule has 1 N–H and O–H groups in total. The summed E-state index contributed by atoms with van der Waals surface area (Å²) in [4.78, 5) is 25.7. The first-order valence-electron chi connectivity index (χ1n) is 7.11. The monoisotopic (exact) mass is 294 g/mol. The summed E-state index contributed by atoms with van der Waals surface area (Å²) in [6.07, 6.45) is 1.38. The molecule has 0 saturated heterocycles. The van der Waals surface area contributed by atoms with Gasteiger partial charge in [0.05, 0.1) is 6.54 Å². The summed E-state index contributed by atoms with van der Waals surface area (Å²) >= 11 is 0. The van der Waals surface area contributed by atoms with Gasteiger partial charge >= 0.3 is 5.69 Å². The Labute approximate surface area is 124 Å². The van der Waals surface area contributed by atoms with Crippen molar-refractivity contribution in [2.75, 3.05) is 0 Å². The molecule has 5 heteroatoms. The molecule has 0 atom stereocenters. The van der Waals surface area contributed by atoms with Gasteiger partial charge in [-0.15, -0.1) is 0 Å². The molecule has 116 valence electrons. The molecule has 0 amide bonds. The average Bonchev–Trinajstić information content (AvgIpc) is 2.53. The minimum atomic E-state index is -0.468. The van der Waals surface area contributed by atoms with Crippen molar-refractivity contribution in [3.8, 4) is 0 Å². The first-order chi connectivity index (χ1) is 10.1. The molecule has 1 heterocycles. The lowest BCUT2D eigenvalue weighted by Crippen LogP contribution is -2.36. The summed E-state index contributed by atoms with van der Waals surface area (Å²) in [5.74, 6) is -0.348. The molecule has 0 radical (unpaired) electrons. The van der Waals surface area contributed by atoms with E-state index in [2.05, 4.69) is 4.98 Å². The highest BCUT2D eigenvalue weighted by Crippen LogP contribution is 2.02. The third-order valence-corrected chi connectivity index (χ3v) is 2.49. The fraction of sp³-hybridized carbons (Fsp3) is 0.375. The molecule has 0 unspecified atom stereocenters. The van der Waals surface area contributed by atoms with Gasteiger partial charge in [0.2, 0.25) is 0 Å². The Kier molecular flexibility index (Phi) is 8.69. The summed E-state index contributed by atoms with van der Waals surface area (Å²) in [6.45, 7) is 9.76. The minimum absolute atomic E-state index is 0.135. The number of aryl methyl sites for hydroxylation is 1. The summed E-state index contributed by atoms with van der Waals surface area (Å²) in [5.41, 5.74) is 0.360. The number of benzene rings is 1. The van der Waals surface area contributed by atoms with Crippen LogP contribution in [-0.2, 0) is 6.54 Å². The lowest BCUT2D eigenvalue weighted by Gasteiger charge is -2.05. The predicted molar refractivity (Wildman–Crippen MR) is 84.3 cm³/mol. The van der Waals surface area contributed by atoms with Gasteiger partial charge in [-0.05, 0) is 24.6 Å². The highest BCUT2D eigenvalue weighted by atomic mass is 19.1. The fourth-order valence-electron chi connectivity index (χ4n) is 1.53. The van der Waals surface area contributed by atoms with Crippen molar-refractivity contribution < 1.29 is 4.39 Å². The van der Waals surface area contributed by atoms with Gasteiger partial charge < -0.3 is 4.98 Å². The lowest BCUT2D eigenvalue weighted by molar-refractivity contribution is 0.625. The van der Waals surface area contributed by atoms with E-state index in [1.165, 1.54) is 18.3 Å². The molecule has 2 aromatic rings. The first kappa shape index (κ1) is 18.8. The molecular formula is C16H23FN2O2. The first-order valence-corrected chi connectivity index (χ1v) is 7.11. The molecule has 2 rings (SSSR count). The number of aromatic amines is 1. The highest BCUT2D eigenvalue weighted by Gasteiger charge is 2.04. The Morgan fingerprint density at radius 1 is 1.05 bits per heavy atom. The Balaban J connectivity index is 0.000000921. The number of hydrogen-bond donors (Lipinski definition) is 1. The summed E-state index contributed by atoms with van der Waals surface area (Å²) in [5, 5.41) is 0. The van der Waals surface area contributed by atoms with Gasteiger partial charge in [-0.2, -0.15) is 0 Å². The molecule has 0 bridgehead atoms. The van der Waals surface area contributed by atoms with Crippen LogP contribution in [-0.4, -0.2) is 9.55 Å². The quantitative estimate of drug-likeness (QED) is 0.925. The van der Waals surface area contributed by atoms with E-state index in [4.69, 9.17) is 0 Å². The normalized spacial score (nSPS) is 9.05. The van der Waals surface area contributed by atoms with Crippen molar-refractivity contribution in [3.63, 3.8) is 0 Å². The second-order valence-corrected chi connectivity index (χ2v) is 3.79. The lowest BCUT2D eigenvalue weighted by atomic mass is 10.2. The third kappa shape index (κ3) is 5.38. The van der Waals surface area contributed by atoms with Gasteiger partial charge in [0, 0.05) is 11.8 Å². The maximum absolute atomic E-state index is 12.7. The predicted octanol–water partition coefficient (Wildman–Crippen LogP) is 3.08. The van der Waals surface area contributed by atoms with Crippen molar-refractivity contribution in [2.24, 2.45) is 0 Å². The van der Waals surface area contributed by atoms with Gasteiger partial charge in [0.25, 0.3) is 5.56 Å². The standard InChI is InChI=1S/C12H11FN2O2.2C2H6/c1-8-6-14-12(17)15(11(8)16)7-9-2-4-10(13)5-3-9;2*1-2/h2-6H,7H2,1H3,(H,14,17);2*1-2H3. The topological polar surface area (TPSA) is 54.9 Å². The van der Waals surface area contributed by atoms with Gasteiger partial charge in [-0.1, -0.05) is 39.8 Å². The molecule has 0 aliphatic carbocycles. The highest BCUT2D eigenvalue weighted by molar-refractivity contribution is 5.16.